The second kappa shape index (κ2) is 13.9. The number of allylic oxidation sites excluding steroid dienone is 2. The molecule has 1 unspecified atom stereocenters. The first-order valence-electron chi connectivity index (χ1n) is 20.6. The number of benzene rings is 9. The summed E-state index contributed by atoms with van der Waals surface area (Å²) in [7, 11) is 0. The molecule has 280 valence electrons. The number of nitrogens with zero attached hydrogens (tertiary/aromatic N) is 3. The number of hydrogen-bond acceptors (Lipinski definition) is 2. The van der Waals surface area contributed by atoms with Gasteiger partial charge in [0.2, 0.25) is 0 Å². The highest BCUT2D eigenvalue weighted by Gasteiger charge is 2.17. The summed E-state index contributed by atoms with van der Waals surface area (Å²) in [6.07, 6.45) is 11.0. The van der Waals surface area contributed by atoms with E-state index in [1.165, 1.54) is 65.3 Å². The van der Waals surface area contributed by atoms with Crippen LogP contribution in [0.25, 0.3) is 111 Å². The van der Waals surface area contributed by atoms with Crippen LogP contribution in [0.3, 0.4) is 0 Å². The molecule has 0 N–H and O–H groups in total. The third-order valence-corrected chi connectivity index (χ3v) is 12.3. The average molecular weight is 764 g/mol. The maximum absolute atomic E-state index is 5.27. The molecule has 11 aromatic rings. The first kappa shape index (κ1) is 34.2. The summed E-state index contributed by atoms with van der Waals surface area (Å²) >= 11 is 0. The minimum atomic E-state index is 0.0728. The molecule has 1 atom stereocenters. The van der Waals surface area contributed by atoms with Gasteiger partial charge in [-0.25, -0.2) is 4.98 Å². The summed E-state index contributed by atoms with van der Waals surface area (Å²) in [5, 5.41) is 9.67. The molecular weight excluding hydrogens is 727 g/mol. The first-order chi connectivity index (χ1) is 29.7. The molecule has 0 spiro atoms. The number of hydrogen-bond donors (Lipinski definition) is 0. The molecule has 0 saturated heterocycles. The fourth-order valence-corrected chi connectivity index (χ4v) is 9.37. The smallest absolute Gasteiger partial charge is 0.0979 e. The molecule has 0 radical (unpaired) electrons. The zero-order valence-corrected chi connectivity index (χ0v) is 32.7. The highest BCUT2D eigenvalue weighted by molar-refractivity contribution is 6.23. The van der Waals surface area contributed by atoms with Crippen molar-refractivity contribution in [1.82, 2.24) is 14.5 Å². The van der Waals surface area contributed by atoms with E-state index in [2.05, 4.69) is 217 Å². The van der Waals surface area contributed by atoms with Crippen LogP contribution in [0.4, 0.5) is 0 Å². The third-order valence-electron chi connectivity index (χ3n) is 12.3. The van der Waals surface area contributed by atoms with E-state index in [4.69, 9.17) is 9.97 Å². The van der Waals surface area contributed by atoms with Crippen molar-refractivity contribution in [2.75, 3.05) is 0 Å². The van der Waals surface area contributed by atoms with Crippen molar-refractivity contribution in [3.8, 4) is 44.6 Å². The summed E-state index contributed by atoms with van der Waals surface area (Å²) in [6.45, 7) is 0. The zero-order chi connectivity index (χ0) is 39.6. The predicted octanol–water partition coefficient (Wildman–Crippen LogP) is 13.1. The van der Waals surface area contributed by atoms with Crippen LogP contribution in [0, 0.1) is 0 Å². The van der Waals surface area contributed by atoms with Crippen molar-refractivity contribution in [1.29, 1.82) is 0 Å². The molecule has 3 heteroatoms. The fraction of sp³-hybridized carbons (Fsp3) is 0.0175. The van der Waals surface area contributed by atoms with Gasteiger partial charge in [0.15, 0.2) is 0 Å². The van der Waals surface area contributed by atoms with E-state index in [-0.39, 0.29) is 6.04 Å². The van der Waals surface area contributed by atoms with Gasteiger partial charge in [-0.2, -0.15) is 0 Å². The minimum absolute atomic E-state index is 0.0728. The van der Waals surface area contributed by atoms with Crippen LogP contribution in [0.1, 0.15) is 6.04 Å². The monoisotopic (exact) mass is 763 g/mol. The summed E-state index contributed by atoms with van der Waals surface area (Å²) in [5.74, 6) is 0. The molecule has 12 rings (SSSR count). The molecule has 0 saturated carbocycles. The Morgan fingerprint density at radius 1 is 0.383 bits per heavy atom. The highest BCUT2D eigenvalue weighted by Crippen LogP contribution is 2.38. The van der Waals surface area contributed by atoms with Crippen LogP contribution < -0.4 is 10.4 Å². The molecule has 9 aromatic carbocycles. The Morgan fingerprint density at radius 2 is 0.900 bits per heavy atom. The second-order valence-corrected chi connectivity index (χ2v) is 15.7. The molecule has 0 amide bonds. The summed E-state index contributed by atoms with van der Waals surface area (Å²) < 4.78 is 2.50. The topological polar surface area (TPSA) is 30.7 Å². The Kier molecular flexibility index (Phi) is 7.92. The lowest BCUT2D eigenvalue weighted by molar-refractivity contribution is 0.817. The Bertz CT molecular complexity index is 3650. The van der Waals surface area contributed by atoms with E-state index in [0.717, 1.165) is 44.2 Å². The quantitative estimate of drug-likeness (QED) is 0.163. The van der Waals surface area contributed by atoms with Gasteiger partial charge in [0.05, 0.1) is 34.5 Å². The average Bonchev–Trinajstić information content (AvgIpc) is 3.49. The van der Waals surface area contributed by atoms with E-state index in [1.807, 2.05) is 6.20 Å². The van der Waals surface area contributed by atoms with E-state index >= 15 is 0 Å². The van der Waals surface area contributed by atoms with Crippen LogP contribution >= 0.6 is 0 Å². The van der Waals surface area contributed by atoms with E-state index in [1.54, 1.807) is 0 Å². The molecule has 2 aromatic heterocycles. The van der Waals surface area contributed by atoms with Gasteiger partial charge in [0, 0.05) is 32.6 Å². The van der Waals surface area contributed by atoms with Gasteiger partial charge in [-0.1, -0.05) is 182 Å². The van der Waals surface area contributed by atoms with E-state index < -0.39 is 0 Å². The standard InChI is InChI=1S/C57H37N3/c1-2-14-43-34-46(22-12-15-37(43)13-1)60-54-28-8-7-25-49(54)50-30-29-44(35-55(50)60)41-19-10-17-39(32-41)38-16-9-18-40(31-38)42-20-11-21-45(33-42)53-36-58-56-51-26-5-3-23-47(51)48-24-4-6-27-52(48)57(56)59-53/h1-36,46H. The molecule has 60 heavy (non-hydrogen) atoms. The number of aromatic nitrogens is 3. The first-order valence-corrected chi connectivity index (χ1v) is 20.6. The van der Waals surface area contributed by atoms with Crippen LogP contribution in [-0.4, -0.2) is 14.5 Å². The van der Waals surface area contributed by atoms with Crippen molar-refractivity contribution < 1.29 is 0 Å². The molecule has 2 heterocycles. The van der Waals surface area contributed by atoms with Crippen molar-refractivity contribution in [3.63, 3.8) is 0 Å². The van der Waals surface area contributed by atoms with Crippen LogP contribution in [0.2, 0.25) is 0 Å². The minimum Gasteiger partial charge on any atom is -0.330 e. The molecular formula is C57H37N3. The van der Waals surface area contributed by atoms with Gasteiger partial charge in [-0.15, -0.1) is 0 Å². The van der Waals surface area contributed by atoms with Gasteiger partial charge >= 0.3 is 0 Å². The lowest BCUT2D eigenvalue weighted by atomic mass is 9.95. The van der Waals surface area contributed by atoms with Crippen molar-refractivity contribution in [2.24, 2.45) is 0 Å². The zero-order valence-electron chi connectivity index (χ0n) is 32.7. The molecule has 0 fully saturated rings. The lowest BCUT2D eigenvalue weighted by Crippen LogP contribution is -2.24. The lowest BCUT2D eigenvalue weighted by Gasteiger charge is -2.15. The van der Waals surface area contributed by atoms with Gasteiger partial charge < -0.3 is 4.57 Å². The molecule has 0 bridgehead atoms. The predicted molar refractivity (Wildman–Crippen MR) is 252 cm³/mol. The van der Waals surface area contributed by atoms with E-state index in [0.29, 0.717) is 0 Å². The Morgan fingerprint density at radius 3 is 1.58 bits per heavy atom. The molecule has 3 nitrogen and oxygen atoms in total. The van der Waals surface area contributed by atoms with Gasteiger partial charge in [-0.05, 0) is 84.9 Å². The van der Waals surface area contributed by atoms with Gasteiger partial charge in [0.1, 0.15) is 0 Å². The summed E-state index contributed by atoms with van der Waals surface area (Å²) in [6, 6.07) is 67.9. The number of para-hydroxylation sites is 1. The number of rotatable bonds is 5. The Balaban J connectivity index is 0.909. The third kappa shape index (κ3) is 5.66. The normalized spacial score (nSPS) is 13.7. The van der Waals surface area contributed by atoms with Crippen LogP contribution in [-0.2, 0) is 0 Å². The molecule has 1 aliphatic rings. The molecule has 1 aliphatic carbocycles. The van der Waals surface area contributed by atoms with Crippen molar-refractivity contribution in [2.45, 2.75) is 6.04 Å². The van der Waals surface area contributed by atoms with Gasteiger partial charge in [0.25, 0.3) is 0 Å². The van der Waals surface area contributed by atoms with Crippen molar-refractivity contribution >= 4 is 66.5 Å². The van der Waals surface area contributed by atoms with E-state index in [9.17, 15) is 0 Å². The van der Waals surface area contributed by atoms with Crippen LogP contribution in [0.5, 0.6) is 0 Å². The van der Waals surface area contributed by atoms with Gasteiger partial charge in [-0.3, -0.25) is 4.98 Å². The van der Waals surface area contributed by atoms with Crippen molar-refractivity contribution in [3.05, 3.63) is 217 Å². The maximum atomic E-state index is 5.27. The SMILES string of the molecule is C1=CC(n2c3ccccc3c3ccc(-c4cccc(-c5cccc(-c6cccc(-c7cnc8c9ccccc9c9ccccc9c8n7)c6)c5)c4)cc32)C=c2ccccc2=C1. The Labute approximate surface area is 347 Å². The number of fused-ring (bicyclic) bond motifs is 10. The fourth-order valence-electron chi connectivity index (χ4n) is 9.37. The summed E-state index contributed by atoms with van der Waals surface area (Å²) in [5.41, 5.74) is 13.3. The highest BCUT2D eigenvalue weighted by atomic mass is 15.0. The largest absolute Gasteiger partial charge is 0.330 e. The second-order valence-electron chi connectivity index (χ2n) is 15.7. The Hall–Kier alpha value is -7.88. The molecule has 0 aliphatic heterocycles. The maximum Gasteiger partial charge on any atom is 0.0979 e. The van der Waals surface area contributed by atoms with Crippen LogP contribution in [0.15, 0.2) is 206 Å². The summed E-state index contributed by atoms with van der Waals surface area (Å²) in [4.78, 5) is 10.3.